The van der Waals surface area contributed by atoms with Crippen LogP contribution in [0.1, 0.15) is 54.4 Å². The molecule has 6 amide bonds. The molecular formula is C45H54N8O9. The minimum absolute atomic E-state index is 0.0207. The molecule has 0 radical (unpaired) electrons. The lowest BCUT2D eigenvalue weighted by Gasteiger charge is -2.23. The summed E-state index contributed by atoms with van der Waals surface area (Å²) in [7, 11) is 0. The zero-order valence-corrected chi connectivity index (χ0v) is 34.3. The molecule has 17 heteroatoms. The Labute approximate surface area is 360 Å². The molecule has 0 heterocycles. The van der Waals surface area contributed by atoms with Crippen LogP contribution in [0.5, 0.6) is 0 Å². The maximum absolute atomic E-state index is 13.6. The third-order valence-corrected chi connectivity index (χ3v) is 9.12. The van der Waals surface area contributed by atoms with Crippen LogP contribution in [0.3, 0.4) is 0 Å². The summed E-state index contributed by atoms with van der Waals surface area (Å²) in [6, 6.07) is 33.0. The largest absolute Gasteiger partial charge is 0.445 e. The van der Waals surface area contributed by atoms with Gasteiger partial charge in [0.1, 0.15) is 31.9 Å². The number of hydrogen-bond donors (Lipinski definition) is 7. The second-order valence-electron chi connectivity index (χ2n) is 14.1. The summed E-state index contributed by atoms with van der Waals surface area (Å²) in [5.74, 6) is -2.25. The Kier molecular flexibility index (Phi) is 20.5. The molecule has 3 unspecified atom stereocenters. The molecule has 0 aromatic heterocycles. The second kappa shape index (κ2) is 26.8. The van der Waals surface area contributed by atoms with Gasteiger partial charge in [-0.2, -0.15) is 0 Å². The average molecular weight is 851 g/mol. The first-order valence-corrected chi connectivity index (χ1v) is 20.2. The summed E-state index contributed by atoms with van der Waals surface area (Å²) in [5, 5.41) is 12.9. The van der Waals surface area contributed by atoms with Crippen molar-refractivity contribution >= 4 is 42.0 Å². The highest BCUT2D eigenvalue weighted by atomic mass is 16.6. The van der Waals surface area contributed by atoms with E-state index in [0.717, 1.165) is 22.3 Å². The number of carbonyl (C=O) groups excluding carboxylic acids is 6. The Bertz CT molecular complexity index is 1980. The lowest BCUT2D eigenvalue weighted by molar-refractivity contribution is -0.131. The fourth-order valence-electron chi connectivity index (χ4n) is 5.79. The summed E-state index contributed by atoms with van der Waals surface area (Å²) in [4.78, 5) is 80.9. The molecule has 0 saturated carbocycles. The van der Waals surface area contributed by atoms with Crippen molar-refractivity contribution < 1.29 is 43.0 Å². The Morgan fingerprint density at radius 2 is 0.984 bits per heavy atom. The van der Waals surface area contributed by atoms with Crippen molar-refractivity contribution in [3.63, 3.8) is 0 Å². The van der Waals surface area contributed by atoms with Crippen LogP contribution >= 0.6 is 0 Å². The first-order chi connectivity index (χ1) is 30.0. The van der Waals surface area contributed by atoms with Gasteiger partial charge in [0.05, 0.1) is 6.04 Å². The van der Waals surface area contributed by atoms with Gasteiger partial charge in [0.2, 0.25) is 23.7 Å². The highest BCUT2D eigenvalue weighted by Gasteiger charge is 2.27. The van der Waals surface area contributed by atoms with Crippen LogP contribution in [0.25, 0.3) is 0 Å². The Hall–Kier alpha value is -7.27. The smallest absolute Gasteiger partial charge is 0.414 e. The molecule has 4 rings (SSSR count). The van der Waals surface area contributed by atoms with E-state index >= 15 is 0 Å². The number of nitrogens with zero attached hydrogens (tertiary/aromatic N) is 1. The number of aliphatic imine (C=N–C) groups is 1. The number of ether oxygens (including phenoxy) is 3. The summed E-state index contributed by atoms with van der Waals surface area (Å²) in [6.07, 6.45) is -0.780. The number of amides is 6. The number of benzene rings is 4. The molecule has 0 bridgehead atoms. The van der Waals surface area contributed by atoms with E-state index in [-0.39, 0.29) is 64.6 Å². The first kappa shape index (κ1) is 47.4. The predicted molar refractivity (Wildman–Crippen MR) is 231 cm³/mol. The molecular weight excluding hydrogens is 797 g/mol. The lowest BCUT2D eigenvalue weighted by Crippen LogP contribution is -2.56. The van der Waals surface area contributed by atoms with Gasteiger partial charge < -0.3 is 41.6 Å². The number of unbranched alkanes of at least 4 members (excludes halogenated alkanes) is 1. The molecule has 328 valence electrons. The molecule has 0 saturated heterocycles. The van der Waals surface area contributed by atoms with Crippen molar-refractivity contribution in [2.75, 3.05) is 13.1 Å². The van der Waals surface area contributed by atoms with E-state index in [2.05, 4.69) is 31.6 Å². The molecule has 0 aliphatic heterocycles. The van der Waals surface area contributed by atoms with Gasteiger partial charge >= 0.3 is 18.3 Å². The van der Waals surface area contributed by atoms with Gasteiger partial charge in [0.25, 0.3) is 0 Å². The van der Waals surface area contributed by atoms with Gasteiger partial charge in [-0.15, -0.1) is 0 Å². The molecule has 17 nitrogen and oxygen atoms in total. The average Bonchev–Trinajstić information content (AvgIpc) is 3.28. The van der Waals surface area contributed by atoms with E-state index in [9.17, 15) is 28.8 Å². The van der Waals surface area contributed by atoms with Crippen LogP contribution in [-0.4, -0.2) is 73.2 Å². The zero-order chi connectivity index (χ0) is 44.4. The van der Waals surface area contributed by atoms with Gasteiger partial charge in [0.15, 0.2) is 0 Å². The molecule has 0 aliphatic rings. The molecule has 0 fully saturated rings. The Morgan fingerprint density at radius 1 is 0.532 bits per heavy atom. The van der Waals surface area contributed by atoms with E-state index in [1.54, 1.807) is 72.8 Å². The topological polar surface area (TPSA) is 255 Å². The number of primary amides is 1. The van der Waals surface area contributed by atoms with Gasteiger partial charge in [-0.05, 0) is 54.4 Å². The van der Waals surface area contributed by atoms with E-state index in [0.29, 0.717) is 12.8 Å². The van der Waals surface area contributed by atoms with E-state index < -0.39 is 54.1 Å². The minimum Gasteiger partial charge on any atom is -0.445 e. The minimum atomic E-state index is -1.11. The van der Waals surface area contributed by atoms with Crippen LogP contribution in [0, 0.1) is 0 Å². The third kappa shape index (κ3) is 18.8. The molecule has 4 aromatic carbocycles. The number of guanidine groups is 1. The second-order valence-corrected chi connectivity index (χ2v) is 14.1. The normalized spacial score (nSPS) is 12.0. The van der Waals surface area contributed by atoms with Gasteiger partial charge in [-0.3, -0.25) is 30.0 Å². The fraction of sp³-hybridized carbons (Fsp3) is 0.311. The monoisotopic (exact) mass is 850 g/mol. The third-order valence-electron chi connectivity index (χ3n) is 9.12. The van der Waals surface area contributed by atoms with Crippen molar-refractivity contribution in [1.82, 2.24) is 26.6 Å². The standard InChI is InChI=1S/C45H54N8O9/c46-36(24-15-27-48-42(52-44(58)61-30-34-20-9-3-10-21-34)53-45(59)62-31-35-22-11-4-12-23-35)40(55)51-38(28-32-16-5-1-6-17-32)41(56)50-37(39(47)54)25-13-14-26-49-43(57)60-29-33-18-7-2-8-19-33/h1-12,16-23,36-38H,13-15,24-31,46H2,(H2,47,54)(H,49,57)(H,50,56)(H,51,55)(H2,48,52,53,58,59). The fourth-order valence-corrected chi connectivity index (χ4v) is 5.79. The molecule has 3 atom stereocenters. The number of alkyl carbamates (subject to hydrolysis) is 3. The van der Waals surface area contributed by atoms with Gasteiger partial charge in [0, 0.05) is 19.5 Å². The van der Waals surface area contributed by atoms with E-state index in [1.807, 2.05) is 48.5 Å². The van der Waals surface area contributed by atoms with E-state index in [4.69, 9.17) is 25.7 Å². The maximum atomic E-state index is 13.6. The van der Waals surface area contributed by atoms with Crippen molar-refractivity contribution in [2.45, 2.75) is 76.5 Å². The Balaban J connectivity index is 1.28. The number of carbonyl (C=O) groups is 6. The highest BCUT2D eigenvalue weighted by molar-refractivity contribution is 6.01. The van der Waals surface area contributed by atoms with Crippen LogP contribution in [0.15, 0.2) is 126 Å². The summed E-state index contributed by atoms with van der Waals surface area (Å²) in [6.45, 7) is 0.376. The van der Waals surface area contributed by atoms with Gasteiger partial charge in [-0.25, -0.2) is 14.4 Å². The maximum Gasteiger partial charge on any atom is 0.414 e. The first-order valence-electron chi connectivity index (χ1n) is 20.2. The Morgan fingerprint density at radius 3 is 1.47 bits per heavy atom. The van der Waals surface area contributed by atoms with Crippen molar-refractivity contribution in [1.29, 1.82) is 0 Å². The number of hydrogen-bond acceptors (Lipinski definition) is 11. The number of rotatable bonds is 22. The predicted octanol–water partition coefficient (Wildman–Crippen LogP) is 4.10. The quantitative estimate of drug-likeness (QED) is 0.0258. The summed E-state index contributed by atoms with van der Waals surface area (Å²) < 4.78 is 15.7. The highest BCUT2D eigenvalue weighted by Crippen LogP contribution is 2.08. The van der Waals surface area contributed by atoms with Crippen LogP contribution in [-0.2, 0) is 54.8 Å². The molecule has 0 spiro atoms. The van der Waals surface area contributed by atoms with Crippen molar-refractivity contribution in [3.8, 4) is 0 Å². The lowest BCUT2D eigenvalue weighted by atomic mass is 10.0. The number of nitrogens with one attached hydrogen (secondary N) is 5. The summed E-state index contributed by atoms with van der Waals surface area (Å²) >= 11 is 0. The van der Waals surface area contributed by atoms with Gasteiger partial charge in [-0.1, -0.05) is 121 Å². The number of nitrogens with two attached hydrogens (primary N) is 2. The van der Waals surface area contributed by atoms with Crippen molar-refractivity contribution in [2.24, 2.45) is 16.5 Å². The molecule has 0 aliphatic carbocycles. The SMILES string of the molecule is NC(=O)C(CCCCNC(=O)OCc1ccccc1)NC(=O)C(Cc1ccccc1)NC(=O)C(N)CCCN=C(NC(=O)OCc1ccccc1)NC(=O)OCc1ccccc1. The molecule has 4 aromatic rings. The van der Waals surface area contributed by atoms with E-state index in [1.165, 1.54) is 0 Å². The molecule has 9 N–H and O–H groups in total. The van der Waals surface area contributed by atoms with Crippen molar-refractivity contribution in [3.05, 3.63) is 144 Å². The summed E-state index contributed by atoms with van der Waals surface area (Å²) in [5.41, 5.74) is 15.0. The zero-order valence-electron chi connectivity index (χ0n) is 34.3. The van der Waals surface area contributed by atoms with Crippen LogP contribution in [0.2, 0.25) is 0 Å². The van der Waals surface area contributed by atoms with Crippen LogP contribution in [0.4, 0.5) is 14.4 Å². The van der Waals surface area contributed by atoms with Crippen LogP contribution < -0.4 is 38.1 Å². The molecule has 62 heavy (non-hydrogen) atoms.